The lowest BCUT2D eigenvalue weighted by molar-refractivity contribution is -0.129. The second kappa shape index (κ2) is 7.55. The first-order chi connectivity index (χ1) is 12.1. The number of nitrogens with zero attached hydrogens (tertiary/aromatic N) is 2. The first-order valence-electron chi connectivity index (χ1n) is 8.82. The van der Waals surface area contributed by atoms with Crippen LogP contribution in [0.3, 0.4) is 0 Å². The highest BCUT2D eigenvalue weighted by Crippen LogP contribution is 2.23. The van der Waals surface area contributed by atoms with Crippen molar-refractivity contribution < 1.29 is 14.4 Å². The van der Waals surface area contributed by atoms with Crippen molar-refractivity contribution in [2.24, 2.45) is 0 Å². The van der Waals surface area contributed by atoms with Crippen molar-refractivity contribution in [3.8, 4) is 0 Å². The van der Waals surface area contributed by atoms with Crippen LogP contribution in [0.15, 0.2) is 24.3 Å². The number of nitrogens with one attached hydrogen (secondary N) is 2. The van der Waals surface area contributed by atoms with Crippen molar-refractivity contribution in [1.82, 2.24) is 10.2 Å². The van der Waals surface area contributed by atoms with Gasteiger partial charge in [0, 0.05) is 49.9 Å². The SMILES string of the molecule is CCC(=O)N1CCC(NC(=O)Nc2ccc(N3CCCC3=O)cc2)C1. The van der Waals surface area contributed by atoms with Crippen LogP contribution in [0.1, 0.15) is 32.6 Å². The highest BCUT2D eigenvalue weighted by molar-refractivity contribution is 5.96. The molecule has 7 nitrogen and oxygen atoms in total. The molecular formula is C18H24N4O3. The molecule has 2 aliphatic rings. The third-order valence-corrected chi connectivity index (χ3v) is 4.69. The Morgan fingerprint density at radius 3 is 2.60 bits per heavy atom. The van der Waals surface area contributed by atoms with E-state index in [4.69, 9.17) is 0 Å². The van der Waals surface area contributed by atoms with Gasteiger partial charge in [-0.05, 0) is 37.1 Å². The van der Waals surface area contributed by atoms with Crippen LogP contribution in [-0.4, -0.2) is 48.4 Å². The molecule has 2 heterocycles. The molecular weight excluding hydrogens is 320 g/mol. The van der Waals surface area contributed by atoms with Gasteiger partial charge in [-0.2, -0.15) is 0 Å². The summed E-state index contributed by atoms with van der Waals surface area (Å²) in [6, 6.07) is 6.98. The van der Waals surface area contributed by atoms with Gasteiger partial charge in [0.15, 0.2) is 0 Å². The molecule has 1 unspecified atom stereocenters. The van der Waals surface area contributed by atoms with Gasteiger partial charge in [0.2, 0.25) is 11.8 Å². The van der Waals surface area contributed by atoms with Crippen LogP contribution < -0.4 is 15.5 Å². The summed E-state index contributed by atoms with van der Waals surface area (Å²) >= 11 is 0. The quantitative estimate of drug-likeness (QED) is 0.876. The third-order valence-electron chi connectivity index (χ3n) is 4.69. The molecule has 0 bridgehead atoms. The molecule has 1 aromatic carbocycles. The molecule has 0 radical (unpaired) electrons. The number of likely N-dealkylation sites (tertiary alicyclic amines) is 1. The average molecular weight is 344 g/mol. The predicted molar refractivity (Wildman–Crippen MR) is 95.5 cm³/mol. The molecule has 1 atom stereocenters. The summed E-state index contributed by atoms with van der Waals surface area (Å²) in [5.41, 5.74) is 1.53. The number of rotatable bonds is 4. The van der Waals surface area contributed by atoms with Gasteiger partial charge in [-0.1, -0.05) is 6.92 Å². The van der Waals surface area contributed by atoms with Gasteiger partial charge in [0.1, 0.15) is 0 Å². The Hall–Kier alpha value is -2.57. The summed E-state index contributed by atoms with van der Waals surface area (Å²) in [5.74, 6) is 0.266. The minimum absolute atomic E-state index is 0.0167. The third kappa shape index (κ3) is 4.10. The van der Waals surface area contributed by atoms with Crippen molar-refractivity contribution in [3.05, 3.63) is 24.3 Å². The molecule has 7 heteroatoms. The van der Waals surface area contributed by atoms with E-state index >= 15 is 0 Å². The first kappa shape index (κ1) is 17.3. The highest BCUT2D eigenvalue weighted by atomic mass is 16.2. The maximum Gasteiger partial charge on any atom is 0.319 e. The fourth-order valence-electron chi connectivity index (χ4n) is 3.33. The molecule has 2 N–H and O–H groups in total. The molecule has 0 aliphatic carbocycles. The van der Waals surface area contributed by atoms with Crippen LogP contribution in [0.2, 0.25) is 0 Å². The molecule has 2 fully saturated rings. The van der Waals surface area contributed by atoms with Gasteiger partial charge in [-0.25, -0.2) is 4.79 Å². The number of hydrogen-bond acceptors (Lipinski definition) is 3. The summed E-state index contributed by atoms with van der Waals surface area (Å²) < 4.78 is 0. The van der Waals surface area contributed by atoms with Crippen molar-refractivity contribution in [3.63, 3.8) is 0 Å². The van der Waals surface area contributed by atoms with E-state index in [1.807, 2.05) is 19.1 Å². The Balaban J connectivity index is 1.50. The molecule has 3 rings (SSSR count). The van der Waals surface area contributed by atoms with E-state index < -0.39 is 0 Å². The Labute approximate surface area is 147 Å². The normalized spacial score (nSPS) is 20.0. The van der Waals surface area contributed by atoms with Crippen LogP contribution in [0, 0.1) is 0 Å². The number of anilines is 2. The molecule has 134 valence electrons. The summed E-state index contributed by atoms with van der Waals surface area (Å²) in [7, 11) is 0. The fourth-order valence-corrected chi connectivity index (χ4v) is 3.33. The van der Waals surface area contributed by atoms with Crippen LogP contribution in [0.25, 0.3) is 0 Å². The molecule has 4 amide bonds. The fraction of sp³-hybridized carbons (Fsp3) is 0.500. The lowest BCUT2D eigenvalue weighted by Gasteiger charge is -2.17. The van der Waals surface area contributed by atoms with E-state index in [2.05, 4.69) is 10.6 Å². The van der Waals surface area contributed by atoms with Crippen molar-refractivity contribution in [1.29, 1.82) is 0 Å². The summed E-state index contributed by atoms with van der Waals surface area (Å²) in [6.07, 6.45) is 2.75. The van der Waals surface area contributed by atoms with E-state index in [1.54, 1.807) is 21.9 Å². The topological polar surface area (TPSA) is 81.8 Å². The molecule has 25 heavy (non-hydrogen) atoms. The van der Waals surface area contributed by atoms with E-state index in [0.717, 1.165) is 25.1 Å². The van der Waals surface area contributed by atoms with Crippen LogP contribution in [-0.2, 0) is 9.59 Å². The Morgan fingerprint density at radius 1 is 1.20 bits per heavy atom. The Kier molecular flexibility index (Phi) is 5.21. The Bertz CT molecular complexity index is 659. The summed E-state index contributed by atoms with van der Waals surface area (Å²) in [6.45, 7) is 3.85. The number of benzene rings is 1. The number of amides is 4. The van der Waals surface area contributed by atoms with Crippen LogP contribution in [0.5, 0.6) is 0 Å². The Morgan fingerprint density at radius 2 is 1.96 bits per heavy atom. The van der Waals surface area contributed by atoms with Gasteiger partial charge >= 0.3 is 6.03 Å². The van der Waals surface area contributed by atoms with E-state index in [1.165, 1.54) is 0 Å². The smallest absolute Gasteiger partial charge is 0.319 e. The molecule has 0 saturated carbocycles. The molecule has 2 aliphatic heterocycles. The molecule has 0 aromatic heterocycles. The van der Waals surface area contributed by atoms with Crippen molar-refractivity contribution in [2.75, 3.05) is 29.9 Å². The lowest BCUT2D eigenvalue weighted by Crippen LogP contribution is -2.40. The number of urea groups is 1. The number of carbonyl (C=O) groups is 3. The molecule has 1 aromatic rings. The van der Waals surface area contributed by atoms with Crippen molar-refractivity contribution >= 4 is 29.2 Å². The van der Waals surface area contributed by atoms with Gasteiger partial charge in [-0.15, -0.1) is 0 Å². The largest absolute Gasteiger partial charge is 0.341 e. The van der Waals surface area contributed by atoms with Crippen molar-refractivity contribution in [2.45, 2.75) is 38.6 Å². The monoisotopic (exact) mass is 344 g/mol. The van der Waals surface area contributed by atoms with Gasteiger partial charge in [0.25, 0.3) is 0 Å². The molecule has 0 spiro atoms. The highest BCUT2D eigenvalue weighted by Gasteiger charge is 2.26. The van der Waals surface area contributed by atoms with Crippen LogP contribution >= 0.6 is 0 Å². The second-order valence-electron chi connectivity index (χ2n) is 6.47. The first-order valence-corrected chi connectivity index (χ1v) is 8.82. The van der Waals surface area contributed by atoms with Gasteiger partial charge < -0.3 is 20.4 Å². The maximum absolute atomic E-state index is 12.1. The predicted octanol–water partition coefficient (Wildman–Crippen LogP) is 1.95. The minimum atomic E-state index is -0.277. The zero-order valence-electron chi connectivity index (χ0n) is 14.5. The van der Waals surface area contributed by atoms with E-state index in [-0.39, 0.29) is 23.9 Å². The summed E-state index contributed by atoms with van der Waals surface area (Å²) in [5, 5.41) is 5.70. The maximum atomic E-state index is 12.1. The van der Waals surface area contributed by atoms with Gasteiger partial charge in [-0.3, -0.25) is 9.59 Å². The minimum Gasteiger partial charge on any atom is -0.341 e. The van der Waals surface area contributed by atoms with E-state index in [9.17, 15) is 14.4 Å². The number of hydrogen-bond donors (Lipinski definition) is 2. The number of carbonyl (C=O) groups excluding carboxylic acids is 3. The van der Waals surface area contributed by atoms with Gasteiger partial charge in [0.05, 0.1) is 0 Å². The molecule has 2 saturated heterocycles. The second-order valence-corrected chi connectivity index (χ2v) is 6.47. The summed E-state index contributed by atoms with van der Waals surface area (Å²) in [4.78, 5) is 39.1. The average Bonchev–Trinajstić information content (AvgIpc) is 3.24. The standard InChI is InChI=1S/C18H24N4O3/c1-2-16(23)21-11-9-14(12-21)20-18(25)19-13-5-7-15(8-6-13)22-10-3-4-17(22)24/h5-8,14H,2-4,9-12H2,1H3,(H2,19,20,25). The lowest BCUT2D eigenvalue weighted by atomic mass is 10.2. The van der Waals surface area contributed by atoms with Crippen LogP contribution in [0.4, 0.5) is 16.2 Å². The zero-order valence-corrected chi connectivity index (χ0v) is 14.5. The van der Waals surface area contributed by atoms with E-state index in [0.29, 0.717) is 31.6 Å². The zero-order chi connectivity index (χ0) is 17.8.